The van der Waals surface area contributed by atoms with E-state index >= 15 is 0 Å². The van der Waals surface area contributed by atoms with E-state index in [1.54, 1.807) is 0 Å². The zero-order valence-corrected chi connectivity index (χ0v) is 6.78. The molecule has 2 rings (SSSR count). The second-order valence-corrected chi connectivity index (χ2v) is 3.27. The monoisotopic (exact) mass is 171 g/mol. The summed E-state index contributed by atoms with van der Waals surface area (Å²) in [4.78, 5) is 0.333. The maximum Gasteiger partial charge on any atom is 0.284 e. The predicted molar refractivity (Wildman–Crippen MR) is 41.7 cm³/mol. The van der Waals surface area contributed by atoms with Crippen LogP contribution >= 0.6 is 12.2 Å². The Morgan fingerprint density at radius 3 is 2.82 bits per heavy atom. The lowest BCUT2D eigenvalue weighted by Gasteiger charge is -2.03. The van der Waals surface area contributed by atoms with E-state index in [9.17, 15) is 0 Å². The third kappa shape index (κ3) is 1.00. The van der Waals surface area contributed by atoms with E-state index < -0.39 is 0 Å². The molecule has 0 spiro atoms. The van der Waals surface area contributed by atoms with Crippen molar-refractivity contribution < 1.29 is 4.42 Å². The van der Waals surface area contributed by atoms with Gasteiger partial charge in [0.05, 0.1) is 5.41 Å². The van der Waals surface area contributed by atoms with E-state index in [0.29, 0.717) is 17.3 Å². The second kappa shape index (κ2) is 2.15. The summed E-state index contributed by atoms with van der Waals surface area (Å²) in [5.74, 6) is 0.671. The molecule has 1 saturated carbocycles. The first-order valence-electron chi connectivity index (χ1n) is 3.53. The maximum atomic E-state index is 5.56. The van der Waals surface area contributed by atoms with Gasteiger partial charge in [-0.25, -0.2) is 5.10 Å². The molecule has 0 atom stereocenters. The Hall–Kier alpha value is -0.680. The summed E-state index contributed by atoms with van der Waals surface area (Å²) in [7, 11) is 0. The van der Waals surface area contributed by atoms with Crippen LogP contribution in [0.4, 0.5) is 0 Å². The van der Waals surface area contributed by atoms with Crippen molar-refractivity contribution >= 4 is 12.2 Å². The van der Waals surface area contributed by atoms with Crippen LogP contribution in [0.3, 0.4) is 0 Å². The Labute approximate surface area is 68.8 Å². The SMILES string of the molecule is NCC1(c2n[nH]c(=S)o2)CC1. The van der Waals surface area contributed by atoms with Gasteiger partial charge < -0.3 is 10.2 Å². The molecule has 60 valence electrons. The van der Waals surface area contributed by atoms with Crippen molar-refractivity contribution in [1.82, 2.24) is 10.2 Å². The molecule has 5 heteroatoms. The van der Waals surface area contributed by atoms with Crippen molar-refractivity contribution in [2.24, 2.45) is 5.73 Å². The summed E-state index contributed by atoms with van der Waals surface area (Å²) in [6.45, 7) is 0.593. The zero-order valence-electron chi connectivity index (χ0n) is 5.96. The predicted octanol–water partition coefficient (Wildman–Crippen LogP) is 0.722. The number of nitrogens with one attached hydrogen (secondary N) is 1. The van der Waals surface area contributed by atoms with E-state index in [4.69, 9.17) is 22.4 Å². The standard InChI is InChI=1S/C6H9N3OS/c7-3-6(1-2-6)4-8-9-5(11)10-4/h1-3,7H2,(H,9,11). The summed E-state index contributed by atoms with van der Waals surface area (Å²) >= 11 is 4.75. The Morgan fingerprint density at radius 2 is 2.45 bits per heavy atom. The van der Waals surface area contributed by atoms with Crippen LogP contribution in [0.1, 0.15) is 18.7 Å². The summed E-state index contributed by atoms with van der Waals surface area (Å²) in [6.07, 6.45) is 2.12. The topological polar surface area (TPSA) is 67.8 Å². The van der Waals surface area contributed by atoms with Gasteiger partial charge in [0, 0.05) is 6.54 Å². The number of aromatic nitrogens is 2. The van der Waals surface area contributed by atoms with Crippen LogP contribution in [0.15, 0.2) is 4.42 Å². The number of rotatable bonds is 2. The highest BCUT2D eigenvalue weighted by molar-refractivity contribution is 7.71. The third-order valence-corrected chi connectivity index (χ3v) is 2.31. The smallest absolute Gasteiger partial charge is 0.284 e. The van der Waals surface area contributed by atoms with Crippen molar-refractivity contribution in [1.29, 1.82) is 0 Å². The fraction of sp³-hybridized carbons (Fsp3) is 0.667. The van der Waals surface area contributed by atoms with E-state index in [0.717, 1.165) is 12.8 Å². The van der Waals surface area contributed by atoms with E-state index in [1.165, 1.54) is 0 Å². The maximum absolute atomic E-state index is 5.56. The van der Waals surface area contributed by atoms with Gasteiger partial charge in [0.15, 0.2) is 0 Å². The number of hydrogen-bond donors (Lipinski definition) is 2. The fourth-order valence-corrected chi connectivity index (χ4v) is 1.24. The van der Waals surface area contributed by atoms with Gasteiger partial charge in [-0.05, 0) is 25.1 Å². The molecule has 0 aliphatic heterocycles. The molecule has 0 amide bonds. The summed E-state index contributed by atoms with van der Waals surface area (Å²) in [5, 5.41) is 6.54. The Balaban J connectivity index is 2.36. The lowest BCUT2D eigenvalue weighted by atomic mass is 10.1. The average Bonchev–Trinajstić information content (AvgIpc) is 2.70. The molecule has 0 aromatic carbocycles. The highest BCUT2D eigenvalue weighted by atomic mass is 32.1. The molecule has 1 aliphatic rings. The largest absolute Gasteiger partial charge is 0.413 e. The number of aromatic amines is 1. The highest BCUT2D eigenvalue weighted by Gasteiger charge is 2.47. The van der Waals surface area contributed by atoms with Gasteiger partial charge in [-0.15, -0.1) is 5.10 Å². The first kappa shape index (κ1) is 7.00. The van der Waals surface area contributed by atoms with E-state index in [2.05, 4.69) is 10.2 Å². The Bertz CT molecular complexity index is 312. The molecular weight excluding hydrogens is 162 g/mol. The first-order valence-corrected chi connectivity index (χ1v) is 3.94. The number of hydrogen-bond acceptors (Lipinski definition) is 4. The Morgan fingerprint density at radius 1 is 1.73 bits per heavy atom. The highest BCUT2D eigenvalue weighted by Crippen LogP contribution is 2.46. The average molecular weight is 171 g/mol. The van der Waals surface area contributed by atoms with Crippen molar-refractivity contribution in [3.8, 4) is 0 Å². The quantitative estimate of drug-likeness (QED) is 0.643. The molecule has 4 nitrogen and oxygen atoms in total. The van der Waals surface area contributed by atoms with Crippen LogP contribution in [0, 0.1) is 4.84 Å². The number of nitrogens with two attached hydrogens (primary N) is 1. The van der Waals surface area contributed by atoms with Crippen molar-refractivity contribution in [3.05, 3.63) is 10.7 Å². The van der Waals surface area contributed by atoms with Crippen LogP contribution in [-0.2, 0) is 5.41 Å². The third-order valence-electron chi connectivity index (χ3n) is 2.14. The van der Waals surface area contributed by atoms with Crippen LogP contribution in [-0.4, -0.2) is 16.7 Å². The van der Waals surface area contributed by atoms with Gasteiger partial charge in [0.2, 0.25) is 5.89 Å². The van der Waals surface area contributed by atoms with Gasteiger partial charge in [-0.1, -0.05) is 0 Å². The minimum Gasteiger partial charge on any atom is -0.413 e. The molecule has 1 aliphatic carbocycles. The van der Waals surface area contributed by atoms with Crippen LogP contribution < -0.4 is 5.73 Å². The molecule has 3 N–H and O–H groups in total. The van der Waals surface area contributed by atoms with Crippen LogP contribution in [0.25, 0.3) is 0 Å². The molecule has 1 fully saturated rings. The van der Waals surface area contributed by atoms with Gasteiger partial charge in [-0.3, -0.25) is 0 Å². The Kier molecular flexibility index (Phi) is 1.37. The van der Waals surface area contributed by atoms with E-state index in [-0.39, 0.29) is 5.41 Å². The van der Waals surface area contributed by atoms with Gasteiger partial charge in [0.25, 0.3) is 4.84 Å². The van der Waals surface area contributed by atoms with E-state index in [1.807, 2.05) is 0 Å². The van der Waals surface area contributed by atoms with Crippen molar-refractivity contribution in [2.75, 3.05) is 6.54 Å². The lowest BCUT2D eigenvalue weighted by molar-refractivity contribution is 0.428. The normalized spacial score (nSPS) is 20.1. The molecule has 0 unspecified atom stereocenters. The molecule has 0 saturated heterocycles. The first-order chi connectivity index (χ1) is 5.27. The number of H-pyrrole nitrogens is 1. The lowest BCUT2D eigenvalue weighted by Crippen LogP contribution is -2.19. The van der Waals surface area contributed by atoms with Crippen LogP contribution in [0.2, 0.25) is 0 Å². The van der Waals surface area contributed by atoms with Crippen molar-refractivity contribution in [2.45, 2.75) is 18.3 Å². The molecule has 1 aromatic rings. The molecule has 1 heterocycles. The van der Waals surface area contributed by atoms with Gasteiger partial charge >= 0.3 is 0 Å². The summed E-state index contributed by atoms with van der Waals surface area (Å²) in [6, 6.07) is 0. The molecular formula is C6H9N3OS. The second-order valence-electron chi connectivity index (χ2n) is 2.90. The molecule has 0 radical (unpaired) electrons. The summed E-state index contributed by atoms with van der Waals surface area (Å²) in [5.41, 5.74) is 5.57. The van der Waals surface area contributed by atoms with Crippen molar-refractivity contribution in [3.63, 3.8) is 0 Å². The zero-order chi connectivity index (χ0) is 7.90. The molecule has 1 aromatic heterocycles. The minimum absolute atomic E-state index is 0.00750. The fourth-order valence-electron chi connectivity index (χ4n) is 1.11. The van der Waals surface area contributed by atoms with Gasteiger partial charge in [0.1, 0.15) is 0 Å². The summed E-state index contributed by atoms with van der Waals surface area (Å²) < 4.78 is 5.17. The molecule has 11 heavy (non-hydrogen) atoms. The minimum atomic E-state index is 0.00750. The molecule has 0 bridgehead atoms. The van der Waals surface area contributed by atoms with Gasteiger partial charge in [-0.2, -0.15) is 0 Å². The number of nitrogens with zero attached hydrogens (tertiary/aromatic N) is 1. The van der Waals surface area contributed by atoms with Crippen LogP contribution in [0.5, 0.6) is 0 Å².